The van der Waals surface area contributed by atoms with Gasteiger partial charge in [-0.15, -0.1) is 0 Å². The molecule has 1 aromatic carbocycles. The van der Waals surface area contributed by atoms with Crippen LogP contribution in [-0.2, 0) is 10.0 Å². The molecule has 6 heteroatoms. The molecule has 0 unspecified atom stereocenters. The lowest BCUT2D eigenvalue weighted by Crippen LogP contribution is -2.33. The number of rotatable bonds is 5. The fourth-order valence-electron chi connectivity index (χ4n) is 1.55. The van der Waals surface area contributed by atoms with Crippen molar-refractivity contribution in [3.8, 4) is 0 Å². The van der Waals surface area contributed by atoms with E-state index in [-0.39, 0.29) is 18.0 Å². The van der Waals surface area contributed by atoms with Gasteiger partial charge in [0.25, 0.3) is 0 Å². The van der Waals surface area contributed by atoms with Crippen molar-refractivity contribution in [1.29, 1.82) is 0 Å². The summed E-state index contributed by atoms with van der Waals surface area (Å²) in [5.74, 6) is 0. The Morgan fingerprint density at radius 1 is 1.41 bits per heavy atom. The highest BCUT2D eigenvalue weighted by Gasteiger charge is 2.24. The van der Waals surface area contributed by atoms with Gasteiger partial charge in [-0.3, -0.25) is 0 Å². The SMILES string of the molecule is CCN(CCO)S(=O)(=O)c1cc(Cl)ccc1C. The number of likely N-dealkylation sites (N-methyl/N-ethyl adjacent to an activating group) is 1. The Morgan fingerprint density at radius 3 is 2.59 bits per heavy atom. The maximum atomic E-state index is 12.3. The number of aryl methyl sites for hydroxylation is 1. The predicted molar refractivity (Wildman–Crippen MR) is 67.7 cm³/mol. The van der Waals surface area contributed by atoms with Crippen molar-refractivity contribution in [1.82, 2.24) is 4.31 Å². The van der Waals surface area contributed by atoms with E-state index in [4.69, 9.17) is 16.7 Å². The lowest BCUT2D eigenvalue weighted by Gasteiger charge is -2.20. The van der Waals surface area contributed by atoms with Crippen molar-refractivity contribution in [2.45, 2.75) is 18.7 Å². The average Bonchev–Trinajstić information content (AvgIpc) is 2.28. The summed E-state index contributed by atoms with van der Waals surface area (Å²) in [5, 5.41) is 9.25. The molecule has 0 radical (unpaired) electrons. The molecule has 1 aromatic rings. The van der Waals surface area contributed by atoms with E-state index in [1.807, 2.05) is 0 Å². The molecule has 0 heterocycles. The highest BCUT2D eigenvalue weighted by Crippen LogP contribution is 2.23. The van der Waals surface area contributed by atoms with Crippen LogP contribution in [-0.4, -0.2) is 37.5 Å². The third-order valence-corrected chi connectivity index (χ3v) is 4.82. The molecule has 1 rings (SSSR count). The summed E-state index contributed by atoms with van der Waals surface area (Å²) in [6.45, 7) is 3.65. The molecule has 0 aliphatic carbocycles. The average molecular weight is 278 g/mol. The highest BCUT2D eigenvalue weighted by molar-refractivity contribution is 7.89. The second-order valence-electron chi connectivity index (χ2n) is 3.63. The van der Waals surface area contributed by atoms with Crippen LogP contribution in [0.25, 0.3) is 0 Å². The summed E-state index contributed by atoms with van der Waals surface area (Å²) in [5.41, 5.74) is 0.644. The number of benzene rings is 1. The molecule has 4 nitrogen and oxygen atoms in total. The van der Waals surface area contributed by atoms with Crippen LogP contribution < -0.4 is 0 Å². The van der Waals surface area contributed by atoms with Crippen LogP contribution in [0, 0.1) is 6.92 Å². The van der Waals surface area contributed by atoms with Gasteiger partial charge in [0.05, 0.1) is 11.5 Å². The largest absolute Gasteiger partial charge is 0.395 e. The lowest BCUT2D eigenvalue weighted by molar-refractivity contribution is 0.257. The molecule has 0 spiro atoms. The molecule has 0 atom stereocenters. The van der Waals surface area contributed by atoms with E-state index < -0.39 is 10.0 Å². The summed E-state index contributed by atoms with van der Waals surface area (Å²) in [4.78, 5) is 0.195. The smallest absolute Gasteiger partial charge is 0.243 e. The van der Waals surface area contributed by atoms with E-state index in [0.29, 0.717) is 17.1 Å². The molecule has 0 aliphatic rings. The van der Waals surface area contributed by atoms with Gasteiger partial charge in [-0.1, -0.05) is 24.6 Å². The lowest BCUT2D eigenvalue weighted by atomic mass is 10.2. The Kier molecular flexibility index (Phi) is 4.94. The van der Waals surface area contributed by atoms with E-state index in [9.17, 15) is 8.42 Å². The number of hydrogen-bond donors (Lipinski definition) is 1. The minimum atomic E-state index is -3.58. The van der Waals surface area contributed by atoms with Crippen molar-refractivity contribution < 1.29 is 13.5 Å². The summed E-state index contributed by atoms with van der Waals surface area (Å²) in [7, 11) is -3.58. The molecule has 0 saturated heterocycles. The molecule has 0 saturated carbocycles. The van der Waals surface area contributed by atoms with Gasteiger partial charge in [0.2, 0.25) is 10.0 Å². The quantitative estimate of drug-likeness (QED) is 0.890. The second-order valence-corrected chi connectivity index (χ2v) is 5.97. The first-order valence-electron chi connectivity index (χ1n) is 5.30. The Balaban J connectivity index is 3.24. The van der Waals surface area contributed by atoms with E-state index in [1.165, 1.54) is 10.4 Å². The summed E-state index contributed by atoms with van der Waals surface area (Å²) in [6, 6.07) is 4.76. The van der Waals surface area contributed by atoms with Crippen molar-refractivity contribution in [2.24, 2.45) is 0 Å². The third-order valence-electron chi connectivity index (χ3n) is 2.47. The first kappa shape index (κ1) is 14.4. The van der Waals surface area contributed by atoms with Crippen LogP contribution in [0.15, 0.2) is 23.1 Å². The molecule has 0 aromatic heterocycles. The molecule has 17 heavy (non-hydrogen) atoms. The van der Waals surface area contributed by atoms with E-state index in [0.717, 1.165) is 0 Å². The van der Waals surface area contributed by atoms with Crippen LogP contribution in [0.3, 0.4) is 0 Å². The van der Waals surface area contributed by atoms with E-state index in [1.54, 1.807) is 26.0 Å². The standard InChI is InChI=1S/C11H16ClNO3S/c1-3-13(6-7-14)17(15,16)11-8-10(12)5-4-9(11)2/h4-5,8,14H,3,6-7H2,1-2H3. The predicted octanol–water partition coefficient (Wildman–Crippen LogP) is 1.65. The van der Waals surface area contributed by atoms with Crippen molar-refractivity contribution >= 4 is 21.6 Å². The normalized spacial score (nSPS) is 12.1. The highest BCUT2D eigenvalue weighted by atomic mass is 35.5. The van der Waals surface area contributed by atoms with Gasteiger partial charge in [-0.2, -0.15) is 4.31 Å². The van der Waals surface area contributed by atoms with Crippen molar-refractivity contribution in [3.05, 3.63) is 28.8 Å². The third kappa shape index (κ3) is 3.19. The zero-order valence-corrected chi connectivity index (χ0v) is 11.4. The first-order valence-corrected chi connectivity index (χ1v) is 7.12. The van der Waals surface area contributed by atoms with Crippen LogP contribution in [0.2, 0.25) is 5.02 Å². The van der Waals surface area contributed by atoms with Crippen molar-refractivity contribution in [2.75, 3.05) is 19.7 Å². The zero-order valence-electron chi connectivity index (χ0n) is 9.85. The van der Waals surface area contributed by atoms with Gasteiger partial charge in [0.1, 0.15) is 0 Å². The Bertz CT molecular complexity index is 487. The molecule has 0 aliphatic heterocycles. The number of aliphatic hydroxyl groups excluding tert-OH is 1. The summed E-state index contributed by atoms with van der Waals surface area (Å²) < 4.78 is 25.8. The Morgan fingerprint density at radius 2 is 2.06 bits per heavy atom. The Labute approximate surface area is 107 Å². The summed E-state index contributed by atoms with van der Waals surface area (Å²) >= 11 is 5.82. The van der Waals surface area contributed by atoms with Crippen molar-refractivity contribution in [3.63, 3.8) is 0 Å². The number of hydrogen-bond acceptors (Lipinski definition) is 3. The van der Waals surface area contributed by atoms with Gasteiger partial charge in [-0.25, -0.2) is 8.42 Å². The fraction of sp³-hybridized carbons (Fsp3) is 0.455. The van der Waals surface area contributed by atoms with E-state index >= 15 is 0 Å². The number of nitrogens with zero attached hydrogens (tertiary/aromatic N) is 1. The first-order chi connectivity index (χ1) is 7.93. The fourth-order valence-corrected chi connectivity index (χ4v) is 3.48. The molecule has 0 amide bonds. The van der Waals surface area contributed by atoms with Crippen LogP contribution >= 0.6 is 11.6 Å². The number of sulfonamides is 1. The minimum Gasteiger partial charge on any atom is -0.395 e. The second kappa shape index (κ2) is 5.82. The molecule has 0 fully saturated rings. The molecule has 96 valence electrons. The van der Waals surface area contributed by atoms with Crippen LogP contribution in [0.5, 0.6) is 0 Å². The van der Waals surface area contributed by atoms with Gasteiger partial charge in [0.15, 0.2) is 0 Å². The summed E-state index contributed by atoms with van der Waals surface area (Å²) in [6.07, 6.45) is 0. The van der Waals surface area contributed by atoms with Crippen LogP contribution in [0.1, 0.15) is 12.5 Å². The molecule has 0 bridgehead atoms. The van der Waals surface area contributed by atoms with Gasteiger partial charge < -0.3 is 5.11 Å². The maximum absolute atomic E-state index is 12.3. The minimum absolute atomic E-state index is 0.0881. The monoisotopic (exact) mass is 277 g/mol. The van der Waals surface area contributed by atoms with Gasteiger partial charge in [-0.05, 0) is 24.6 Å². The topological polar surface area (TPSA) is 57.6 Å². The molecule has 1 N–H and O–H groups in total. The van der Waals surface area contributed by atoms with Crippen LogP contribution in [0.4, 0.5) is 0 Å². The van der Waals surface area contributed by atoms with Gasteiger partial charge >= 0.3 is 0 Å². The molecular formula is C11H16ClNO3S. The van der Waals surface area contributed by atoms with E-state index in [2.05, 4.69) is 0 Å². The molecular weight excluding hydrogens is 262 g/mol. The number of aliphatic hydroxyl groups is 1. The number of halogens is 1. The van der Waals surface area contributed by atoms with Gasteiger partial charge in [0, 0.05) is 18.1 Å². The Hall–Kier alpha value is -0.620. The maximum Gasteiger partial charge on any atom is 0.243 e. The zero-order chi connectivity index (χ0) is 13.1.